The van der Waals surface area contributed by atoms with Crippen LogP contribution in [0.3, 0.4) is 0 Å². The molecular weight excluding hydrogens is 421 g/mol. The quantitative estimate of drug-likeness (QED) is 0.613. The molecule has 166 valence electrons. The van der Waals surface area contributed by atoms with Gasteiger partial charge >= 0.3 is 6.18 Å². The van der Waals surface area contributed by atoms with Gasteiger partial charge in [0.25, 0.3) is 5.91 Å². The molecule has 2 atom stereocenters. The van der Waals surface area contributed by atoms with Gasteiger partial charge in [-0.2, -0.15) is 18.3 Å². The van der Waals surface area contributed by atoms with Gasteiger partial charge in [-0.3, -0.25) is 19.3 Å². The Balaban J connectivity index is 1.66. The van der Waals surface area contributed by atoms with E-state index in [1.807, 2.05) is 6.92 Å². The van der Waals surface area contributed by atoms with E-state index >= 15 is 0 Å². The van der Waals surface area contributed by atoms with E-state index in [0.29, 0.717) is 23.2 Å². The van der Waals surface area contributed by atoms with E-state index in [-0.39, 0.29) is 28.8 Å². The Morgan fingerprint density at radius 3 is 2.59 bits per heavy atom. The van der Waals surface area contributed by atoms with Gasteiger partial charge in [0.05, 0.1) is 29.4 Å². The minimum absolute atomic E-state index is 0.0658. The van der Waals surface area contributed by atoms with Gasteiger partial charge in [0.1, 0.15) is 5.69 Å². The number of anilines is 1. The second kappa shape index (κ2) is 7.89. The first-order valence-corrected chi connectivity index (χ1v) is 10.1. The number of hydrogen-bond donors (Lipinski definition) is 1. The Labute approximate surface area is 182 Å². The number of fused-ring (bicyclic) bond motifs is 1. The fourth-order valence-electron chi connectivity index (χ4n) is 4.14. The van der Waals surface area contributed by atoms with Gasteiger partial charge in [-0.15, -0.1) is 0 Å². The van der Waals surface area contributed by atoms with Crippen molar-refractivity contribution in [2.24, 2.45) is 0 Å². The van der Waals surface area contributed by atoms with Crippen molar-refractivity contribution in [3.8, 4) is 0 Å². The second-order valence-corrected chi connectivity index (χ2v) is 8.07. The lowest BCUT2D eigenvalue weighted by Crippen LogP contribution is -2.29. The average Bonchev–Trinajstić information content (AvgIpc) is 3.14. The van der Waals surface area contributed by atoms with Crippen LogP contribution in [0.1, 0.15) is 68.5 Å². The number of hydrogen-bond acceptors (Lipinski definition) is 4. The molecule has 0 spiro atoms. The molecule has 0 radical (unpaired) electrons. The van der Waals surface area contributed by atoms with Crippen molar-refractivity contribution in [1.29, 1.82) is 0 Å². The number of alkyl halides is 3. The van der Waals surface area contributed by atoms with Crippen molar-refractivity contribution in [3.63, 3.8) is 0 Å². The van der Waals surface area contributed by atoms with E-state index < -0.39 is 23.6 Å². The molecule has 3 aromatic rings. The molecule has 1 amide bonds. The summed E-state index contributed by atoms with van der Waals surface area (Å²) in [6, 6.07) is 6.81. The largest absolute Gasteiger partial charge is 0.416 e. The summed E-state index contributed by atoms with van der Waals surface area (Å²) in [6.07, 6.45) is -1.10. The highest BCUT2D eigenvalue weighted by molar-refractivity contribution is 6.10. The number of nitrogens with zero attached hydrogens (tertiary/aromatic N) is 3. The number of aromatic nitrogens is 3. The zero-order valence-electron chi connectivity index (χ0n) is 17.7. The van der Waals surface area contributed by atoms with Gasteiger partial charge in [-0.05, 0) is 56.5 Å². The van der Waals surface area contributed by atoms with Crippen LogP contribution in [0.2, 0.25) is 0 Å². The minimum Gasteiger partial charge on any atom is -0.319 e. The molecule has 1 aliphatic rings. The molecule has 9 heteroatoms. The lowest BCUT2D eigenvalue weighted by molar-refractivity contribution is -0.138. The smallest absolute Gasteiger partial charge is 0.319 e. The number of benzene rings is 1. The molecule has 1 aliphatic heterocycles. The summed E-state index contributed by atoms with van der Waals surface area (Å²) in [5.41, 5.74) is 1.45. The van der Waals surface area contributed by atoms with Crippen LogP contribution in [-0.4, -0.2) is 26.5 Å². The number of carbonyl (C=O) groups excluding carboxylic acids is 2. The summed E-state index contributed by atoms with van der Waals surface area (Å²) in [6.45, 7) is 5.03. The highest BCUT2D eigenvalue weighted by Gasteiger charge is 2.37. The minimum atomic E-state index is -4.45. The van der Waals surface area contributed by atoms with Gasteiger partial charge in [0.2, 0.25) is 0 Å². The third-order valence-corrected chi connectivity index (χ3v) is 5.70. The van der Waals surface area contributed by atoms with Gasteiger partial charge < -0.3 is 5.32 Å². The first-order valence-electron chi connectivity index (χ1n) is 10.1. The van der Waals surface area contributed by atoms with E-state index in [9.17, 15) is 22.8 Å². The van der Waals surface area contributed by atoms with E-state index in [1.165, 1.54) is 31.5 Å². The average molecular weight is 442 g/mol. The summed E-state index contributed by atoms with van der Waals surface area (Å²) in [5.74, 6) is -1.32. The van der Waals surface area contributed by atoms with Crippen molar-refractivity contribution >= 4 is 17.4 Å². The van der Waals surface area contributed by atoms with Gasteiger partial charge in [0.15, 0.2) is 5.78 Å². The molecule has 1 aromatic carbocycles. The Hall–Kier alpha value is -3.49. The summed E-state index contributed by atoms with van der Waals surface area (Å²) in [4.78, 5) is 30.1. The molecule has 2 aromatic heterocycles. The van der Waals surface area contributed by atoms with Crippen molar-refractivity contribution in [2.75, 3.05) is 5.32 Å². The predicted octanol–water partition coefficient (Wildman–Crippen LogP) is 5.10. The van der Waals surface area contributed by atoms with Crippen molar-refractivity contribution in [2.45, 2.75) is 45.3 Å². The molecular formula is C23H21F3N4O2. The third kappa shape index (κ3) is 3.90. The highest BCUT2D eigenvalue weighted by Crippen LogP contribution is 2.40. The van der Waals surface area contributed by atoms with Crippen LogP contribution in [0, 0.1) is 13.8 Å². The molecule has 0 bridgehead atoms. The molecule has 1 unspecified atom stereocenters. The Morgan fingerprint density at radius 2 is 1.94 bits per heavy atom. The molecule has 3 heterocycles. The Kier molecular flexibility index (Phi) is 5.36. The summed E-state index contributed by atoms with van der Waals surface area (Å²) < 4.78 is 41.0. The van der Waals surface area contributed by atoms with Crippen LogP contribution in [0.15, 0.2) is 42.7 Å². The van der Waals surface area contributed by atoms with Crippen LogP contribution in [0.4, 0.5) is 18.9 Å². The first-order chi connectivity index (χ1) is 15.1. The van der Waals surface area contributed by atoms with E-state index in [1.54, 1.807) is 23.7 Å². The van der Waals surface area contributed by atoms with E-state index in [2.05, 4.69) is 15.4 Å². The number of nitrogens with one attached hydrogen (secondary N) is 1. The molecule has 4 rings (SSSR count). The number of carbonyl (C=O) groups is 2. The SMILES string of the molecule is Cc1cc(C(=O)Nc2cnn3c2C(=O)C(c2ccc(C(F)(F)F)c(C)c2)C[C@@H]3C)ccn1. The topological polar surface area (TPSA) is 76.9 Å². The Morgan fingerprint density at radius 1 is 1.19 bits per heavy atom. The number of pyridine rings is 1. The normalized spacial score (nSPS) is 18.4. The zero-order chi connectivity index (χ0) is 23.2. The van der Waals surface area contributed by atoms with Gasteiger partial charge in [-0.25, -0.2) is 0 Å². The standard InChI is InChI=1S/C23H21F3N4O2/c1-12-8-15(4-5-18(12)23(24,25)26)17-10-14(3)30-20(21(17)31)19(11-28-30)29-22(32)16-6-7-27-13(2)9-16/h4-9,11,14,17H,10H2,1-3H3,(H,29,32)/t14-,17?/m0/s1. The number of ketones is 1. The predicted molar refractivity (Wildman–Crippen MR) is 112 cm³/mol. The van der Waals surface area contributed by atoms with Crippen molar-refractivity contribution < 1.29 is 22.8 Å². The van der Waals surface area contributed by atoms with Crippen LogP contribution >= 0.6 is 0 Å². The molecule has 0 aliphatic carbocycles. The fraction of sp³-hybridized carbons (Fsp3) is 0.304. The maximum atomic E-state index is 13.4. The lowest BCUT2D eigenvalue weighted by atomic mass is 9.83. The van der Waals surface area contributed by atoms with Gasteiger partial charge in [0, 0.05) is 17.5 Å². The second-order valence-electron chi connectivity index (χ2n) is 8.07. The number of rotatable bonds is 3. The molecule has 0 saturated heterocycles. The molecule has 0 saturated carbocycles. The molecule has 32 heavy (non-hydrogen) atoms. The zero-order valence-corrected chi connectivity index (χ0v) is 17.7. The summed E-state index contributed by atoms with van der Waals surface area (Å²) >= 11 is 0. The van der Waals surface area contributed by atoms with Crippen LogP contribution in [0.5, 0.6) is 0 Å². The van der Waals surface area contributed by atoms with Crippen molar-refractivity contribution in [1.82, 2.24) is 14.8 Å². The number of aryl methyl sites for hydroxylation is 2. The van der Waals surface area contributed by atoms with E-state index in [0.717, 1.165) is 6.07 Å². The van der Waals surface area contributed by atoms with E-state index in [4.69, 9.17) is 0 Å². The fourth-order valence-corrected chi connectivity index (χ4v) is 4.14. The van der Waals surface area contributed by atoms with Gasteiger partial charge in [-0.1, -0.05) is 12.1 Å². The maximum absolute atomic E-state index is 13.4. The molecule has 0 fully saturated rings. The third-order valence-electron chi connectivity index (χ3n) is 5.70. The summed E-state index contributed by atoms with van der Waals surface area (Å²) in [7, 11) is 0. The highest BCUT2D eigenvalue weighted by atomic mass is 19.4. The lowest BCUT2D eigenvalue weighted by Gasteiger charge is -2.28. The molecule has 6 nitrogen and oxygen atoms in total. The molecule has 1 N–H and O–H groups in total. The number of halogens is 3. The Bertz CT molecular complexity index is 1220. The van der Waals surface area contributed by atoms with Crippen molar-refractivity contribution in [3.05, 3.63) is 76.4 Å². The van der Waals surface area contributed by atoms with Crippen LogP contribution < -0.4 is 5.32 Å². The number of amides is 1. The maximum Gasteiger partial charge on any atom is 0.416 e. The number of Topliss-reactive ketones (excluding diaryl/α,β-unsaturated/α-hetero) is 1. The van der Waals surface area contributed by atoms with Crippen LogP contribution in [-0.2, 0) is 6.18 Å². The van der Waals surface area contributed by atoms with Crippen LogP contribution in [0.25, 0.3) is 0 Å². The first kappa shape index (κ1) is 21.7. The monoisotopic (exact) mass is 442 g/mol. The summed E-state index contributed by atoms with van der Waals surface area (Å²) in [5, 5.41) is 7.00.